The van der Waals surface area contributed by atoms with E-state index in [9.17, 15) is 4.79 Å². The monoisotopic (exact) mass is 259 g/mol. The summed E-state index contributed by atoms with van der Waals surface area (Å²) in [4.78, 5) is 13.4. The van der Waals surface area contributed by atoms with Crippen molar-refractivity contribution in [1.82, 2.24) is 4.90 Å². The number of benzene rings is 1. The topological polar surface area (TPSA) is 29.5 Å². The van der Waals surface area contributed by atoms with Gasteiger partial charge in [-0.1, -0.05) is 56.2 Å². The van der Waals surface area contributed by atoms with Gasteiger partial charge in [0, 0.05) is 6.20 Å². The van der Waals surface area contributed by atoms with Crippen LogP contribution in [-0.2, 0) is 11.2 Å². The molecule has 1 amide bonds. The van der Waals surface area contributed by atoms with Crippen molar-refractivity contribution in [1.29, 1.82) is 0 Å². The van der Waals surface area contributed by atoms with Crippen LogP contribution in [0.4, 0.5) is 4.79 Å². The molecule has 1 atom stereocenters. The molecule has 0 bridgehead atoms. The first kappa shape index (κ1) is 13.7. The second kappa shape index (κ2) is 6.98. The number of allylic oxidation sites excluding steroid dienone is 1. The third-order valence-corrected chi connectivity index (χ3v) is 3.31. The van der Waals surface area contributed by atoms with Crippen LogP contribution < -0.4 is 0 Å². The quantitative estimate of drug-likeness (QED) is 0.728. The summed E-state index contributed by atoms with van der Waals surface area (Å²) in [5.41, 5.74) is 1.23. The van der Waals surface area contributed by atoms with Gasteiger partial charge >= 0.3 is 6.09 Å². The average Bonchev–Trinajstić information content (AvgIpc) is 2.77. The first-order valence-corrected chi connectivity index (χ1v) is 6.97. The Bertz CT molecular complexity index is 428. The minimum atomic E-state index is -0.228. The molecular weight excluding hydrogens is 238 g/mol. The zero-order chi connectivity index (χ0) is 13.5. The molecule has 1 heterocycles. The van der Waals surface area contributed by atoms with Gasteiger partial charge in [0.1, 0.15) is 6.61 Å². The van der Waals surface area contributed by atoms with E-state index in [4.69, 9.17) is 4.74 Å². The Labute approximate surface area is 114 Å². The van der Waals surface area contributed by atoms with Crippen molar-refractivity contribution >= 4 is 6.09 Å². The molecule has 3 nitrogen and oxygen atoms in total. The van der Waals surface area contributed by atoms with Crippen molar-refractivity contribution in [3.8, 4) is 0 Å². The predicted molar refractivity (Wildman–Crippen MR) is 75.8 cm³/mol. The van der Waals surface area contributed by atoms with Crippen molar-refractivity contribution in [2.75, 3.05) is 6.61 Å². The lowest BCUT2D eigenvalue weighted by Gasteiger charge is -2.17. The Morgan fingerprint density at radius 1 is 1.37 bits per heavy atom. The lowest BCUT2D eigenvalue weighted by molar-refractivity contribution is 0.166. The highest BCUT2D eigenvalue weighted by Gasteiger charge is 2.31. The smallest absolute Gasteiger partial charge is 0.414 e. The van der Waals surface area contributed by atoms with Crippen LogP contribution in [0.15, 0.2) is 42.6 Å². The van der Waals surface area contributed by atoms with E-state index in [2.05, 4.69) is 25.1 Å². The van der Waals surface area contributed by atoms with Gasteiger partial charge in [0.05, 0.1) is 6.04 Å². The SMILES string of the molecule is CCCC/C=C/N1C(=O)OC[C@@H]1Cc1ccccc1. The van der Waals surface area contributed by atoms with Crippen LogP contribution in [-0.4, -0.2) is 23.6 Å². The van der Waals surface area contributed by atoms with E-state index in [0.717, 1.165) is 19.3 Å². The Hall–Kier alpha value is -1.77. The van der Waals surface area contributed by atoms with Crippen molar-refractivity contribution in [2.24, 2.45) is 0 Å². The summed E-state index contributed by atoms with van der Waals surface area (Å²) in [6.45, 7) is 2.64. The summed E-state index contributed by atoms with van der Waals surface area (Å²) in [5, 5.41) is 0. The first-order chi connectivity index (χ1) is 9.31. The summed E-state index contributed by atoms with van der Waals surface area (Å²) >= 11 is 0. The van der Waals surface area contributed by atoms with Crippen molar-refractivity contribution < 1.29 is 9.53 Å². The summed E-state index contributed by atoms with van der Waals surface area (Å²) in [5.74, 6) is 0. The molecule has 19 heavy (non-hydrogen) atoms. The van der Waals surface area contributed by atoms with Crippen LogP contribution >= 0.6 is 0 Å². The number of nitrogens with zero attached hydrogens (tertiary/aromatic N) is 1. The first-order valence-electron chi connectivity index (χ1n) is 6.97. The number of unbranched alkanes of at least 4 members (excludes halogenated alkanes) is 2. The Balaban J connectivity index is 1.95. The van der Waals surface area contributed by atoms with E-state index < -0.39 is 0 Å². The van der Waals surface area contributed by atoms with Gasteiger partial charge in [-0.25, -0.2) is 4.79 Å². The van der Waals surface area contributed by atoms with Crippen LogP contribution in [0.3, 0.4) is 0 Å². The van der Waals surface area contributed by atoms with Crippen molar-refractivity contribution in [3.05, 3.63) is 48.2 Å². The molecule has 2 rings (SSSR count). The van der Waals surface area contributed by atoms with Gasteiger partial charge in [0.15, 0.2) is 0 Å². The number of carbonyl (C=O) groups excluding carboxylic acids is 1. The molecule has 1 saturated heterocycles. The molecular formula is C16H21NO2. The zero-order valence-corrected chi connectivity index (χ0v) is 11.4. The van der Waals surface area contributed by atoms with Gasteiger partial charge in [0.2, 0.25) is 0 Å². The number of hydrogen-bond donors (Lipinski definition) is 0. The highest BCUT2D eigenvalue weighted by molar-refractivity contribution is 5.71. The molecule has 1 aromatic carbocycles. The fourth-order valence-electron chi connectivity index (χ4n) is 2.21. The van der Waals surface area contributed by atoms with Gasteiger partial charge in [-0.15, -0.1) is 0 Å². The maximum Gasteiger partial charge on any atom is 0.414 e. The van der Waals surface area contributed by atoms with Gasteiger partial charge in [0.25, 0.3) is 0 Å². The van der Waals surface area contributed by atoms with Crippen LogP contribution in [0, 0.1) is 0 Å². The average molecular weight is 259 g/mol. The van der Waals surface area contributed by atoms with Gasteiger partial charge in [-0.05, 0) is 18.4 Å². The van der Waals surface area contributed by atoms with Crippen LogP contribution in [0.1, 0.15) is 31.7 Å². The molecule has 3 heteroatoms. The summed E-state index contributed by atoms with van der Waals surface area (Å²) in [6, 6.07) is 10.3. The number of amides is 1. The van der Waals surface area contributed by atoms with Gasteiger partial charge in [-0.3, -0.25) is 4.90 Å². The summed E-state index contributed by atoms with van der Waals surface area (Å²) in [6.07, 6.45) is 7.90. The minimum absolute atomic E-state index is 0.118. The Morgan fingerprint density at radius 2 is 2.16 bits per heavy atom. The Kier molecular flexibility index (Phi) is 5.01. The molecule has 0 radical (unpaired) electrons. The molecule has 0 aromatic heterocycles. The highest BCUT2D eigenvalue weighted by atomic mass is 16.6. The molecule has 0 spiro atoms. The molecule has 0 N–H and O–H groups in total. The third kappa shape index (κ3) is 3.85. The highest BCUT2D eigenvalue weighted by Crippen LogP contribution is 2.17. The number of ether oxygens (including phenoxy) is 1. The fourth-order valence-corrected chi connectivity index (χ4v) is 2.21. The lowest BCUT2D eigenvalue weighted by Crippen LogP contribution is -2.30. The number of hydrogen-bond acceptors (Lipinski definition) is 2. The summed E-state index contributed by atoms with van der Waals surface area (Å²) in [7, 11) is 0. The zero-order valence-electron chi connectivity index (χ0n) is 11.4. The number of rotatable bonds is 6. The number of carbonyl (C=O) groups is 1. The minimum Gasteiger partial charge on any atom is -0.447 e. The van der Waals surface area contributed by atoms with E-state index in [1.165, 1.54) is 12.0 Å². The predicted octanol–water partition coefficient (Wildman–Crippen LogP) is 3.75. The molecule has 0 aliphatic carbocycles. The second-order valence-electron chi connectivity index (χ2n) is 4.85. The van der Waals surface area contributed by atoms with E-state index in [1.54, 1.807) is 4.90 Å². The third-order valence-electron chi connectivity index (χ3n) is 3.31. The molecule has 0 unspecified atom stereocenters. The normalized spacial score (nSPS) is 19.1. The van der Waals surface area contributed by atoms with Crippen molar-refractivity contribution in [3.63, 3.8) is 0 Å². The van der Waals surface area contributed by atoms with Crippen LogP contribution in [0.25, 0.3) is 0 Å². The Morgan fingerprint density at radius 3 is 2.89 bits per heavy atom. The molecule has 1 aromatic rings. The van der Waals surface area contributed by atoms with E-state index in [1.807, 2.05) is 24.4 Å². The van der Waals surface area contributed by atoms with E-state index in [-0.39, 0.29) is 12.1 Å². The maximum absolute atomic E-state index is 11.7. The second-order valence-corrected chi connectivity index (χ2v) is 4.85. The van der Waals surface area contributed by atoms with Gasteiger partial charge in [-0.2, -0.15) is 0 Å². The number of cyclic esters (lactones) is 1. The van der Waals surface area contributed by atoms with Gasteiger partial charge < -0.3 is 4.74 Å². The van der Waals surface area contributed by atoms with Crippen LogP contribution in [0.2, 0.25) is 0 Å². The molecule has 1 aliphatic rings. The lowest BCUT2D eigenvalue weighted by atomic mass is 10.1. The molecule has 1 fully saturated rings. The largest absolute Gasteiger partial charge is 0.447 e. The fraction of sp³-hybridized carbons (Fsp3) is 0.438. The molecule has 0 saturated carbocycles. The van der Waals surface area contributed by atoms with Crippen LogP contribution in [0.5, 0.6) is 0 Å². The van der Waals surface area contributed by atoms with E-state index in [0.29, 0.717) is 6.61 Å². The molecule has 102 valence electrons. The van der Waals surface area contributed by atoms with Crippen molar-refractivity contribution in [2.45, 2.75) is 38.6 Å². The maximum atomic E-state index is 11.7. The molecule has 1 aliphatic heterocycles. The standard InChI is InChI=1S/C16H21NO2/c1-2-3-4-8-11-17-15(13-19-16(17)18)12-14-9-6-5-7-10-14/h5-11,15H,2-4,12-13H2,1H3/b11-8+/t15-/m0/s1. The summed E-state index contributed by atoms with van der Waals surface area (Å²) < 4.78 is 5.14. The van der Waals surface area contributed by atoms with E-state index >= 15 is 0 Å².